The Bertz CT molecular complexity index is 482. The fourth-order valence-corrected chi connectivity index (χ4v) is 3.49. The van der Waals surface area contributed by atoms with Crippen LogP contribution in [-0.2, 0) is 0 Å². The number of nitrogens with zero attached hydrogens (tertiary/aromatic N) is 2. The zero-order chi connectivity index (χ0) is 14.2. The van der Waals surface area contributed by atoms with Crippen molar-refractivity contribution in [2.45, 2.75) is 0 Å². The number of rotatable bonds is 3. The minimum Gasteiger partial charge on any atom is -0.338 e. The van der Waals surface area contributed by atoms with Crippen LogP contribution in [0.2, 0.25) is 0 Å². The first-order valence-electron chi connectivity index (χ1n) is 7.30. The topological polar surface area (TPSA) is 35.6 Å². The third-order valence-electron chi connectivity index (χ3n) is 4.66. The third kappa shape index (κ3) is 2.34. The van der Waals surface area contributed by atoms with Crippen molar-refractivity contribution >= 4 is 5.91 Å². The number of amides is 1. The van der Waals surface area contributed by atoms with Gasteiger partial charge in [0, 0.05) is 43.7 Å². The van der Waals surface area contributed by atoms with Crippen molar-refractivity contribution in [2.75, 3.05) is 46.8 Å². The zero-order valence-corrected chi connectivity index (χ0v) is 12.3. The molecule has 108 valence electrons. The molecule has 20 heavy (non-hydrogen) atoms. The highest BCUT2D eigenvalue weighted by molar-refractivity contribution is 5.94. The van der Waals surface area contributed by atoms with Gasteiger partial charge in [0.2, 0.25) is 0 Å². The number of carbonyl (C=O) groups excluding carboxylic acids is 1. The highest BCUT2D eigenvalue weighted by Gasteiger charge is 2.51. The van der Waals surface area contributed by atoms with Crippen LogP contribution in [0.15, 0.2) is 30.3 Å². The summed E-state index contributed by atoms with van der Waals surface area (Å²) in [7, 11) is 4.23. The Morgan fingerprint density at radius 1 is 1.35 bits per heavy atom. The number of likely N-dealkylation sites (tertiary alicyclic amines) is 1. The summed E-state index contributed by atoms with van der Waals surface area (Å²) in [6.45, 7) is 4.92. The van der Waals surface area contributed by atoms with Gasteiger partial charge >= 0.3 is 0 Å². The molecule has 1 unspecified atom stereocenters. The number of carbonyl (C=O) groups is 1. The summed E-state index contributed by atoms with van der Waals surface area (Å²) in [5, 5.41) is 3.39. The summed E-state index contributed by atoms with van der Waals surface area (Å²) in [6.07, 6.45) is 0. The van der Waals surface area contributed by atoms with Crippen LogP contribution in [0.25, 0.3) is 0 Å². The van der Waals surface area contributed by atoms with E-state index >= 15 is 0 Å². The maximum atomic E-state index is 12.6. The lowest BCUT2D eigenvalue weighted by molar-refractivity contribution is 0.0739. The molecule has 0 radical (unpaired) electrons. The minimum absolute atomic E-state index is 0.179. The van der Waals surface area contributed by atoms with E-state index in [2.05, 4.69) is 24.3 Å². The summed E-state index contributed by atoms with van der Waals surface area (Å²) in [5.41, 5.74) is 1.11. The van der Waals surface area contributed by atoms with E-state index in [1.807, 2.05) is 35.2 Å². The quantitative estimate of drug-likeness (QED) is 0.889. The van der Waals surface area contributed by atoms with E-state index in [4.69, 9.17) is 0 Å². The lowest BCUT2D eigenvalue weighted by atomic mass is 9.73. The molecule has 0 bridgehead atoms. The molecule has 1 spiro atoms. The van der Waals surface area contributed by atoms with Gasteiger partial charge in [0.25, 0.3) is 5.91 Å². The second-order valence-electron chi connectivity index (χ2n) is 6.48. The fraction of sp³-hybridized carbons (Fsp3) is 0.562. The van der Waals surface area contributed by atoms with Gasteiger partial charge in [0.15, 0.2) is 0 Å². The summed E-state index contributed by atoms with van der Waals surface area (Å²) < 4.78 is 0. The lowest BCUT2D eigenvalue weighted by Crippen LogP contribution is -2.59. The van der Waals surface area contributed by atoms with Crippen LogP contribution >= 0.6 is 0 Å². The van der Waals surface area contributed by atoms with Crippen molar-refractivity contribution in [3.8, 4) is 0 Å². The normalized spacial score (nSPS) is 24.1. The highest BCUT2D eigenvalue weighted by atomic mass is 16.2. The van der Waals surface area contributed by atoms with Crippen molar-refractivity contribution in [3.63, 3.8) is 0 Å². The van der Waals surface area contributed by atoms with Crippen LogP contribution in [0, 0.1) is 11.3 Å². The molecule has 2 aliphatic rings. The summed E-state index contributed by atoms with van der Waals surface area (Å²) in [5.74, 6) is 0.754. The van der Waals surface area contributed by atoms with Gasteiger partial charge in [0.05, 0.1) is 0 Å². The molecule has 0 aromatic heterocycles. The molecular formula is C16H23N3O. The van der Waals surface area contributed by atoms with Gasteiger partial charge in [-0.3, -0.25) is 4.79 Å². The number of hydrogen-bond donors (Lipinski definition) is 1. The van der Waals surface area contributed by atoms with Crippen molar-refractivity contribution in [2.24, 2.45) is 11.3 Å². The molecule has 4 heteroatoms. The second-order valence-corrected chi connectivity index (χ2v) is 6.48. The molecule has 1 N–H and O–H groups in total. The van der Waals surface area contributed by atoms with Crippen molar-refractivity contribution in [3.05, 3.63) is 35.9 Å². The number of hydrogen-bond acceptors (Lipinski definition) is 3. The van der Waals surface area contributed by atoms with Crippen molar-refractivity contribution in [1.82, 2.24) is 15.1 Å². The molecule has 1 aromatic carbocycles. The van der Waals surface area contributed by atoms with E-state index in [0.717, 1.165) is 38.3 Å². The van der Waals surface area contributed by atoms with E-state index in [-0.39, 0.29) is 5.91 Å². The smallest absolute Gasteiger partial charge is 0.253 e. The monoisotopic (exact) mass is 273 g/mol. The SMILES string of the molecule is CN(C)CC1CN(C(=O)c2ccccc2)CC12CNC2. The van der Waals surface area contributed by atoms with Gasteiger partial charge in [-0.25, -0.2) is 0 Å². The molecule has 4 nitrogen and oxygen atoms in total. The minimum atomic E-state index is 0.179. The molecule has 1 aromatic rings. The average molecular weight is 273 g/mol. The Balaban J connectivity index is 1.75. The maximum absolute atomic E-state index is 12.6. The zero-order valence-electron chi connectivity index (χ0n) is 12.3. The molecule has 2 fully saturated rings. The van der Waals surface area contributed by atoms with E-state index in [1.54, 1.807) is 0 Å². The number of benzene rings is 1. The van der Waals surface area contributed by atoms with E-state index in [9.17, 15) is 4.79 Å². The van der Waals surface area contributed by atoms with Gasteiger partial charge in [0.1, 0.15) is 0 Å². The molecule has 0 saturated carbocycles. The summed E-state index contributed by atoms with van der Waals surface area (Å²) >= 11 is 0. The summed E-state index contributed by atoms with van der Waals surface area (Å²) in [6, 6.07) is 9.64. The standard InChI is InChI=1S/C16H23N3O/c1-18(2)8-14-9-19(12-16(14)10-17-11-16)15(20)13-6-4-3-5-7-13/h3-7,14,17H,8-12H2,1-2H3. The van der Waals surface area contributed by atoms with Crippen molar-refractivity contribution in [1.29, 1.82) is 0 Å². The molecule has 3 rings (SSSR count). The van der Waals surface area contributed by atoms with Gasteiger partial charge in [-0.2, -0.15) is 0 Å². The largest absolute Gasteiger partial charge is 0.338 e. The van der Waals surface area contributed by atoms with Crippen LogP contribution in [0.5, 0.6) is 0 Å². The van der Waals surface area contributed by atoms with Gasteiger partial charge < -0.3 is 15.1 Å². The molecular weight excluding hydrogens is 250 g/mol. The molecule has 1 amide bonds. The first kappa shape index (κ1) is 13.6. The Hall–Kier alpha value is -1.39. The fourth-order valence-electron chi connectivity index (χ4n) is 3.49. The molecule has 0 aliphatic carbocycles. The first-order chi connectivity index (χ1) is 9.61. The Kier molecular flexibility index (Phi) is 3.52. The average Bonchev–Trinajstić information content (AvgIpc) is 2.77. The Labute approximate surface area is 120 Å². The van der Waals surface area contributed by atoms with Gasteiger partial charge in [-0.05, 0) is 32.1 Å². The van der Waals surface area contributed by atoms with Crippen molar-refractivity contribution < 1.29 is 4.79 Å². The van der Waals surface area contributed by atoms with Crippen LogP contribution in [0.4, 0.5) is 0 Å². The molecule has 2 aliphatic heterocycles. The van der Waals surface area contributed by atoms with Crippen LogP contribution in [0.1, 0.15) is 10.4 Å². The lowest BCUT2D eigenvalue weighted by Gasteiger charge is -2.44. The molecule has 2 saturated heterocycles. The maximum Gasteiger partial charge on any atom is 0.253 e. The highest BCUT2D eigenvalue weighted by Crippen LogP contribution is 2.40. The van der Waals surface area contributed by atoms with E-state index < -0.39 is 0 Å². The predicted octanol–water partition coefficient (Wildman–Crippen LogP) is 0.910. The second kappa shape index (κ2) is 5.19. The Morgan fingerprint density at radius 2 is 2.05 bits per heavy atom. The van der Waals surface area contributed by atoms with E-state index in [1.165, 1.54) is 0 Å². The molecule has 1 atom stereocenters. The van der Waals surface area contributed by atoms with Gasteiger partial charge in [-0.1, -0.05) is 18.2 Å². The van der Waals surface area contributed by atoms with Gasteiger partial charge in [-0.15, -0.1) is 0 Å². The van der Waals surface area contributed by atoms with Crippen LogP contribution in [0.3, 0.4) is 0 Å². The molecule has 2 heterocycles. The first-order valence-corrected chi connectivity index (χ1v) is 7.30. The predicted molar refractivity (Wildman–Crippen MR) is 79.7 cm³/mol. The Morgan fingerprint density at radius 3 is 2.60 bits per heavy atom. The number of nitrogens with one attached hydrogen (secondary N) is 1. The summed E-state index contributed by atoms with van der Waals surface area (Å²) in [4.78, 5) is 16.9. The van der Waals surface area contributed by atoms with Crippen LogP contribution < -0.4 is 5.32 Å². The third-order valence-corrected chi connectivity index (χ3v) is 4.66. The van der Waals surface area contributed by atoms with Crippen LogP contribution in [-0.4, -0.2) is 62.5 Å². The van der Waals surface area contributed by atoms with E-state index in [0.29, 0.717) is 11.3 Å².